The summed E-state index contributed by atoms with van der Waals surface area (Å²) in [4.78, 5) is 16.5. The Morgan fingerprint density at radius 2 is 0.800 bits per heavy atom. The molecular formula is CaMgN2O6+2. The molecule has 10 heavy (non-hydrogen) atoms. The average Bonchev–Trinajstić information content (AvgIpc) is 1.25. The summed E-state index contributed by atoms with van der Waals surface area (Å²) in [5.74, 6) is 0. The molecule has 0 aromatic heterocycles. The molecule has 0 rings (SSSR count). The molecule has 0 aliphatic heterocycles. The number of hydrogen-bond acceptors (Lipinski definition) is 6. The Bertz CT molecular complexity index is 73.7. The van der Waals surface area contributed by atoms with E-state index in [0.717, 1.165) is 0 Å². The van der Waals surface area contributed by atoms with Gasteiger partial charge in [0.05, 0.1) is 10.2 Å². The summed E-state index contributed by atoms with van der Waals surface area (Å²) in [5.41, 5.74) is 0. The standard InChI is InChI=1S/Ca.Mg.2NO3/c;;2*2-1(3)4/q2*+2;2*-1. The molecule has 0 unspecified atom stereocenters. The molecule has 0 bridgehead atoms. The molecule has 0 radical (unpaired) electrons. The van der Waals surface area contributed by atoms with Crippen molar-refractivity contribution in [1.29, 1.82) is 0 Å². The van der Waals surface area contributed by atoms with Crippen LogP contribution in [0.15, 0.2) is 0 Å². The minimum absolute atomic E-state index is 0. The fraction of sp³-hybridized carbons (Fsp3) is 0. The van der Waals surface area contributed by atoms with Crippen LogP contribution in [0.5, 0.6) is 0 Å². The van der Waals surface area contributed by atoms with Crippen molar-refractivity contribution in [1.82, 2.24) is 0 Å². The molecule has 48 valence electrons. The number of rotatable bonds is 0. The molecule has 0 saturated carbocycles. The molecule has 0 aromatic rings. The van der Waals surface area contributed by atoms with Crippen molar-refractivity contribution in [2.45, 2.75) is 0 Å². The van der Waals surface area contributed by atoms with Crippen molar-refractivity contribution < 1.29 is 10.2 Å². The van der Waals surface area contributed by atoms with Gasteiger partial charge in [0, 0.05) is 0 Å². The van der Waals surface area contributed by atoms with E-state index in [1.54, 1.807) is 0 Å². The molecule has 0 atom stereocenters. The number of nitrogens with zero attached hydrogens (tertiary/aromatic N) is 2. The Hall–Kier alpha value is 0.426. The smallest absolute Gasteiger partial charge is 0.356 e. The quantitative estimate of drug-likeness (QED) is 0.265. The van der Waals surface area contributed by atoms with Gasteiger partial charge in [-0.1, -0.05) is 0 Å². The molecular weight excluding hydrogens is 188 g/mol. The minimum atomic E-state index is -1.75. The molecule has 10 heteroatoms. The Morgan fingerprint density at radius 3 is 0.800 bits per heavy atom. The molecule has 0 N–H and O–H groups in total. The molecule has 0 fully saturated rings. The fourth-order valence-corrected chi connectivity index (χ4v) is 0. The molecule has 0 saturated heterocycles. The third-order valence-corrected chi connectivity index (χ3v) is 0. The van der Waals surface area contributed by atoms with E-state index in [1.807, 2.05) is 0 Å². The first-order valence-corrected chi connectivity index (χ1v) is 1.10. The third kappa shape index (κ3) is 2560. The maximum atomic E-state index is 8.25. The van der Waals surface area contributed by atoms with Crippen LogP contribution in [0.3, 0.4) is 0 Å². The average molecular weight is 188 g/mol. The van der Waals surface area contributed by atoms with Crippen molar-refractivity contribution in [3.8, 4) is 0 Å². The van der Waals surface area contributed by atoms with E-state index in [0.29, 0.717) is 0 Å². The maximum Gasteiger partial charge on any atom is 2.00 e. The second-order valence-corrected chi connectivity index (χ2v) is 0.447. The summed E-state index contributed by atoms with van der Waals surface area (Å²) in [7, 11) is 0. The van der Waals surface area contributed by atoms with E-state index in [4.69, 9.17) is 30.6 Å². The molecule has 0 amide bonds. The van der Waals surface area contributed by atoms with Gasteiger partial charge in [0.1, 0.15) is 0 Å². The Morgan fingerprint density at radius 1 is 0.800 bits per heavy atom. The van der Waals surface area contributed by atoms with Crippen LogP contribution in [-0.2, 0) is 0 Å². The van der Waals surface area contributed by atoms with Gasteiger partial charge in [0.25, 0.3) is 0 Å². The predicted molar refractivity (Wildman–Crippen MR) is 32.2 cm³/mol. The first kappa shape index (κ1) is 22.4. The second kappa shape index (κ2) is 16.2. The van der Waals surface area contributed by atoms with Gasteiger partial charge in [-0.2, -0.15) is 0 Å². The molecule has 0 aromatic carbocycles. The van der Waals surface area contributed by atoms with E-state index in [9.17, 15) is 0 Å². The van der Waals surface area contributed by atoms with Gasteiger partial charge in [-0.3, -0.25) is 0 Å². The van der Waals surface area contributed by atoms with Crippen LogP contribution in [0.4, 0.5) is 0 Å². The van der Waals surface area contributed by atoms with Crippen LogP contribution in [-0.4, -0.2) is 71.0 Å². The van der Waals surface area contributed by atoms with Crippen molar-refractivity contribution in [3.05, 3.63) is 30.6 Å². The molecule has 0 heterocycles. The molecule has 0 aliphatic carbocycles. The number of hydrogen-bond donors (Lipinski definition) is 0. The zero-order chi connectivity index (χ0) is 7.15. The maximum absolute atomic E-state index is 8.25. The van der Waals surface area contributed by atoms with Crippen molar-refractivity contribution in [2.24, 2.45) is 0 Å². The van der Waals surface area contributed by atoms with Crippen molar-refractivity contribution in [2.75, 3.05) is 0 Å². The van der Waals surface area contributed by atoms with Crippen LogP contribution in [0.1, 0.15) is 0 Å². The Balaban J connectivity index is -0.0000000300. The van der Waals surface area contributed by atoms with Crippen LogP contribution in [0.25, 0.3) is 0 Å². The summed E-state index contributed by atoms with van der Waals surface area (Å²) in [6, 6.07) is 0. The summed E-state index contributed by atoms with van der Waals surface area (Å²) in [6.45, 7) is 0. The zero-order valence-corrected chi connectivity index (χ0v) is 8.38. The van der Waals surface area contributed by atoms with Crippen LogP contribution in [0, 0.1) is 30.6 Å². The monoisotopic (exact) mass is 188 g/mol. The van der Waals surface area contributed by atoms with Crippen LogP contribution in [0.2, 0.25) is 0 Å². The van der Waals surface area contributed by atoms with E-state index in [2.05, 4.69) is 0 Å². The summed E-state index contributed by atoms with van der Waals surface area (Å²) in [5, 5.41) is 29.5. The van der Waals surface area contributed by atoms with E-state index in [1.165, 1.54) is 0 Å². The largest absolute Gasteiger partial charge is 2.00 e. The fourth-order valence-electron chi connectivity index (χ4n) is 0. The first-order valence-electron chi connectivity index (χ1n) is 1.10. The summed E-state index contributed by atoms with van der Waals surface area (Å²) >= 11 is 0. The van der Waals surface area contributed by atoms with Gasteiger partial charge in [-0.25, -0.2) is 0 Å². The van der Waals surface area contributed by atoms with Gasteiger partial charge in [-0.05, 0) is 0 Å². The molecule has 0 aliphatic rings. The van der Waals surface area contributed by atoms with E-state index in [-0.39, 0.29) is 60.8 Å². The summed E-state index contributed by atoms with van der Waals surface area (Å²) in [6.07, 6.45) is 0. The predicted octanol–water partition coefficient (Wildman–Crippen LogP) is -1.24. The molecule has 8 nitrogen and oxygen atoms in total. The van der Waals surface area contributed by atoms with Gasteiger partial charge >= 0.3 is 60.8 Å². The Kier molecular flexibility index (Phi) is 36.4. The van der Waals surface area contributed by atoms with E-state index >= 15 is 0 Å². The summed E-state index contributed by atoms with van der Waals surface area (Å²) < 4.78 is 0. The van der Waals surface area contributed by atoms with Crippen LogP contribution < -0.4 is 0 Å². The van der Waals surface area contributed by atoms with Gasteiger partial charge in [0.15, 0.2) is 0 Å². The minimum Gasteiger partial charge on any atom is -0.356 e. The SMILES string of the molecule is O=[N+]([O-])[O-].O=[N+]([O-])[O-].[Ca+2].[Mg+2]. The zero-order valence-electron chi connectivity index (χ0n) is 4.76. The van der Waals surface area contributed by atoms with Crippen molar-refractivity contribution in [3.63, 3.8) is 0 Å². The van der Waals surface area contributed by atoms with E-state index < -0.39 is 10.2 Å². The van der Waals surface area contributed by atoms with Gasteiger partial charge in [0.2, 0.25) is 0 Å². The van der Waals surface area contributed by atoms with Crippen molar-refractivity contribution >= 4 is 60.8 Å². The second-order valence-electron chi connectivity index (χ2n) is 0.447. The van der Waals surface area contributed by atoms with Gasteiger partial charge in [-0.15, -0.1) is 0 Å². The topological polar surface area (TPSA) is 132 Å². The molecule has 0 spiro atoms. The third-order valence-electron chi connectivity index (χ3n) is 0. The normalized spacial score (nSPS) is 4.80. The van der Waals surface area contributed by atoms with Gasteiger partial charge < -0.3 is 30.6 Å². The Labute approximate surface area is 101 Å². The van der Waals surface area contributed by atoms with Crippen LogP contribution >= 0.6 is 0 Å². The first-order chi connectivity index (χ1) is 3.46.